The smallest absolute Gasteiger partial charge is 0.242 e. The lowest BCUT2D eigenvalue weighted by atomic mass is 10.4. The minimum absolute atomic E-state index is 0.793. The summed E-state index contributed by atoms with van der Waals surface area (Å²) in [4.78, 5) is 1.10. The van der Waals surface area contributed by atoms with Gasteiger partial charge in [-0.05, 0) is 47.0 Å². The monoisotopic (exact) mass is 276 g/mol. The Morgan fingerprint density at radius 2 is 2.15 bits per heavy atom. The summed E-state index contributed by atoms with van der Waals surface area (Å²) < 4.78 is 6.86. The summed E-state index contributed by atoms with van der Waals surface area (Å²) in [5, 5.41) is 2.03. The molecule has 0 aliphatic rings. The van der Waals surface area contributed by atoms with Crippen LogP contribution in [0.15, 0.2) is 22.5 Å². The highest BCUT2D eigenvalue weighted by Crippen LogP contribution is 2.31. The largest absolute Gasteiger partial charge is 0.544 e. The topological polar surface area (TPSA) is 9.23 Å². The average molecular weight is 277 g/mol. The van der Waals surface area contributed by atoms with E-state index in [4.69, 9.17) is 4.43 Å². The molecular formula is C9H13BrOSSi. The highest BCUT2D eigenvalue weighted by Gasteiger charge is 2.18. The summed E-state index contributed by atoms with van der Waals surface area (Å²) >= 11 is 5.11. The Bertz CT molecular complexity index is 314. The van der Waals surface area contributed by atoms with Crippen molar-refractivity contribution in [2.24, 2.45) is 0 Å². The summed E-state index contributed by atoms with van der Waals surface area (Å²) in [6, 6.07) is 2.01. The van der Waals surface area contributed by atoms with Crippen molar-refractivity contribution in [1.82, 2.24) is 0 Å². The van der Waals surface area contributed by atoms with Gasteiger partial charge in [-0.1, -0.05) is 6.58 Å². The van der Waals surface area contributed by atoms with Crippen LogP contribution in [0.5, 0.6) is 0 Å². The number of thiophene rings is 1. The zero-order valence-electron chi connectivity index (χ0n) is 8.06. The first kappa shape index (κ1) is 11.0. The van der Waals surface area contributed by atoms with Crippen molar-refractivity contribution in [3.05, 3.63) is 27.4 Å². The minimum atomic E-state index is -1.51. The van der Waals surface area contributed by atoms with E-state index in [9.17, 15) is 0 Å². The molecule has 0 saturated carbocycles. The van der Waals surface area contributed by atoms with Gasteiger partial charge in [-0.2, -0.15) is 0 Å². The van der Waals surface area contributed by atoms with E-state index in [1.54, 1.807) is 11.3 Å². The van der Waals surface area contributed by atoms with Gasteiger partial charge in [-0.15, -0.1) is 11.3 Å². The van der Waals surface area contributed by atoms with E-state index in [-0.39, 0.29) is 0 Å². The number of hydrogen-bond donors (Lipinski definition) is 0. The normalized spacial score (nSPS) is 11.4. The molecule has 0 amide bonds. The molecule has 0 bridgehead atoms. The van der Waals surface area contributed by atoms with E-state index < -0.39 is 8.32 Å². The second-order valence-corrected chi connectivity index (χ2v) is 9.93. The standard InChI is InChI=1S/C9H13BrOSSi/c1-7(11-13(2,3)4)9-8(10)5-6-12-9/h5-6H,1H2,2-4H3. The van der Waals surface area contributed by atoms with Gasteiger partial charge >= 0.3 is 0 Å². The van der Waals surface area contributed by atoms with Gasteiger partial charge < -0.3 is 4.43 Å². The minimum Gasteiger partial charge on any atom is -0.544 e. The maximum absolute atomic E-state index is 5.79. The maximum Gasteiger partial charge on any atom is 0.242 e. The van der Waals surface area contributed by atoms with E-state index in [2.05, 4.69) is 42.1 Å². The molecule has 0 radical (unpaired) electrons. The Kier molecular flexibility index (Phi) is 3.37. The zero-order chi connectivity index (χ0) is 10.1. The molecule has 0 unspecified atom stereocenters. The summed E-state index contributed by atoms with van der Waals surface area (Å²) in [7, 11) is -1.51. The molecule has 0 aliphatic heterocycles. The average Bonchev–Trinajstić information content (AvgIpc) is 2.30. The van der Waals surface area contributed by atoms with Gasteiger partial charge in [0.25, 0.3) is 0 Å². The third kappa shape index (κ3) is 3.29. The van der Waals surface area contributed by atoms with Crippen molar-refractivity contribution < 1.29 is 4.43 Å². The number of halogens is 1. The van der Waals surface area contributed by atoms with Gasteiger partial charge in [-0.3, -0.25) is 0 Å². The number of rotatable bonds is 3. The van der Waals surface area contributed by atoms with Crippen molar-refractivity contribution >= 4 is 41.3 Å². The summed E-state index contributed by atoms with van der Waals surface area (Å²) in [6.45, 7) is 10.4. The van der Waals surface area contributed by atoms with Crippen molar-refractivity contribution in [1.29, 1.82) is 0 Å². The van der Waals surface area contributed by atoms with Gasteiger partial charge in [0.05, 0.1) is 4.88 Å². The SMILES string of the molecule is C=C(O[Si](C)(C)C)c1sccc1Br. The Balaban J connectivity index is 2.76. The molecule has 72 valence electrons. The van der Waals surface area contributed by atoms with Gasteiger partial charge in [0.15, 0.2) is 0 Å². The third-order valence-corrected chi connectivity index (χ3v) is 4.04. The van der Waals surface area contributed by atoms with Crippen LogP contribution in [0.2, 0.25) is 19.6 Å². The fourth-order valence-corrected chi connectivity index (χ4v) is 3.33. The van der Waals surface area contributed by atoms with Gasteiger partial charge in [0, 0.05) is 4.47 Å². The van der Waals surface area contributed by atoms with Gasteiger partial charge in [-0.25, -0.2) is 0 Å². The lowest BCUT2D eigenvalue weighted by molar-refractivity contribution is 0.518. The molecule has 1 rings (SSSR count). The van der Waals surface area contributed by atoms with E-state index in [0.717, 1.165) is 15.1 Å². The molecule has 0 fully saturated rings. The predicted octanol–water partition coefficient (Wildman–Crippen LogP) is 4.33. The second kappa shape index (κ2) is 3.98. The van der Waals surface area contributed by atoms with Gasteiger partial charge in [0.2, 0.25) is 8.32 Å². The molecule has 1 aromatic rings. The first-order chi connectivity index (χ1) is 5.90. The van der Waals surface area contributed by atoms with E-state index in [0.29, 0.717) is 0 Å². The zero-order valence-corrected chi connectivity index (χ0v) is 11.5. The second-order valence-electron chi connectivity index (χ2n) is 3.74. The summed E-state index contributed by atoms with van der Waals surface area (Å²) in [6.07, 6.45) is 0. The molecule has 13 heavy (non-hydrogen) atoms. The van der Waals surface area contributed by atoms with E-state index in [1.165, 1.54) is 0 Å². The molecular weight excluding hydrogens is 264 g/mol. The molecule has 4 heteroatoms. The van der Waals surface area contributed by atoms with Crippen molar-refractivity contribution in [2.45, 2.75) is 19.6 Å². The Hall–Kier alpha value is -0.0631. The molecule has 1 aromatic heterocycles. The molecule has 1 heterocycles. The summed E-state index contributed by atoms with van der Waals surface area (Å²) in [5.41, 5.74) is 0. The van der Waals surface area contributed by atoms with Crippen LogP contribution in [0.1, 0.15) is 4.88 Å². The first-order valence-corrected chi connectivity index (χ1v) is 9.09. The Morgan fingerprint density at radius 3 is 2.54 bits per heavy atom. The molecule has 0 atom stereocenters. The molecule has 0 spiro atoms. The van der Waals surface area contributed by atoms with Crippen LogP contribution in [-0.4, -0.2) is 8.32 Å². The highest BCUT2D eigenvalue weighted by atomic mass is 79.9. The van der Waals surface area contributed by atoms with Crippen LogP contribution < -0.4 is 0 Å². The van der Waals surface area contributed by atoms with Crippen LogP contribution >= 0.6 is 27.3 Å². The molecule has 0 aliphatic carbocycles. The number of hydrogen-bond acceptors (Lipinski definition) is 2. The first-order valence-electron chi connectivity index (χ1n) is 4.01. The van der Waals surface area contributed by atoms with E-state index >= 15 is 0 Å². The molecule has 1 nitrogen and oxygen atoms in total. The highest BCUT2D eigenvalue weighted by molar-refractivity contribution is 9.10. The molecule has 0 N–H and O–H groups in total. The predicted molar refractivity (Wildman–Crippen MR) is 65.5 cm³/mol. The van der Waals surface area contributed by atoms with Gasteiger partial charge in [0.1, 0.15) is 5.76 Å². The fourth-order valence-electron chi connectivity index (χ4n) is 0.909. The summed E-state index contributed by atoms with van der Waals surface area (Å²) in [5.74, 6) is 0.793. The lowest BCUT2D eigenvalue weighted by Crippen LogP contribution is -2.23. The lowest BCUT2D eigenvalue weighted by Gasteiger charge is -2.20. The molecule has 0 saturated heterocycles. The fraction of sp³-hybridized carbons (Fsp3) is 0.333. The Labute approximate surface area is 92.7 Å². The quantitative estimate of drug-likeness (QED) is 0.590. The van der Waals surface area contributed by atoms with Crippen LogP contribution in [0, 0.1) is 0 Å². The van der Waals surface area contributed by atoms with Crippen LogP contribution in [0.25, 0.3) is 5.76 Å². The van der Waals surface area contributed by atoms with Crippen molar-refractivity contribution in [3.8, 4) is 0 Å². The molecule has 0 aromatic carbocycles. The van der Waals surface area contributed by atoms with Crippen LogP contribution in [0.4, 0.5) is 0 Å². The third-order valence-electron chi connectivity index (χ3n) is 1.30. The van der Waals surface area contributed by atoms with Crippen LogP contribution in [-0.2, 0) is 4.43 Å². The maximum atomic E-state index is 5.79. The van der Waals surface area contributed by atoms with Crippen LogP contribution in [0.3, 0.4) is 0 Å². The van der Waals surface area contributed by atoms with Crippen molar-refractivity contribution in [3.63, 3.8) is 0 Å². The van der Waals surface area contributed by atoms with E-state index in [1.807, 2.05) is 11.4 Å². The Morgan fingerprint density at radius 1 is 1.54 bits per heavy atom. The van der Waals surface area contributed by atoms with Crippen molar-refractivity contribution in [2.75, 3.05) is 0 Å².